The second-order valence-corrected chi connectivity index (χ2v) is 7.09. The average Bonchev–Trinajstić information content (AvgIpc) is 3.05. The predicted molar refractivity (Wildman–Crippen MR) is 104 cm³/mol. The molecule has 0 saturated carbocycles. The number of hydrogen-bond donors (Lipinski definition) is 2. The average molecular weight is 332 g/mol. The number of thiophene rings is 1. The molecule has 120 valence electrons. The summed E-state index contributed by atoms with van der Waals surface area (Å²) in [5, 5.41) is 18.4. The van der Waals surface area contributed by atoms with Crippen LogP contribution in [0.3, 0.4) is 0 Å². The van der Waals surface area contributed by atoms with Crippen molar-refractivity contribution in [3.63, 3.8) is 0 Å². The van der Waals surface area contributed by atoms with Gasteiger partial charge in [0.05, 0.1) is 0 Å². The van der Waals surface area contributed by atoms with E-state index in [2.05, 4.69) is 47.8 Å². The van der Waals surface area contributed by atoms with Crippen molar-refractivity contribution >= 4 is 28.3 Å². The van der Waals surface area contributed by atoms with Crippen LogP contribution >= 0.6 is 11.3 Å². The normalized spacial score (nSPS) is 22.4. The molecule has 0 saturated heterocycles. The van der Waals surface area contributed by atoms with E-state index in [9.17, 15) is 0 Å². The van der Waals surface area contributed by atoms with Crippen molar-refractivity contribution in [3.8, 4) is 0 Å². The summed E-state index contributed by atoms with van der Waals surface area (Å²) in [6, 6.07) is 4.66. The lowest BCUT2D eigenvalue weighted by Crippen LogP contribution is -2.33. The number of rotatable bonds is 4. The largest absolute Gasteiger partial charge is 0.390 e. The Bertz CT molecular complexity index is 955. The highest BCUT2D eigenvalue weighted by Crippen LogP contribution is 2.55. The van der Waals surface area contributed by atoms with E-state index in [1.165, 1.54) is 39.3 Å². The molecule has 1 heterocycles. The molecule has 2 aromatic rings. The third kappa shape index (κ3) is 1.91. The molecular formula is C21H20N2S. The third-order valence-electron chi connectivity index (χ3n) is 5.25. The second-order valence-electron chi connectivity index (χ2n) is 6.34. The number of hydrogen-bond acceptors (Lipinski definition) is 3. The van der Waals surface area contributed by atoms with E-state index in [4.69, 9.17) is 5.41 Å². The summed E-state index contributed by atoms with van der Waals surface area (Å²) >= 11 is 1.75. The fourth-order valence-electron chi connectivity index (χ4n) is 4.23. The molecule has 5 rings (SSSR count). The maximum Gasteiger partial charge on any atom is 0.0494 e. The van der Waals surface area contributed by atoms with Crippen LogP contribution in [0, 0.1) is 5.41 Å². The van der Waals surface area contributed by atoms with Crippen LogP contribution in [0.4, 0.5) is 0 Å². The van der Waals surface area contributed by atoms with E-state index < -0.39 is 0 Å². The quantitative estimate of drug-likeness (QED) is 0.580. The van der Waals surface area contributed by atoms with E-state index in [1.807, 2.05) is 19.2 Å². The molecule has 3 aliphatic rings. The topological polar surface area (TPSA) is 35.9 Å². The van der Waals surface area contributed by atoms with Gasteiger partial charge in [0.2, 0.25) is 0 Å². The zero-order valence-corrected chi connectivity index (χ0v) is 14.7. The maximum atomic E-state index is 7.98. The molecule has 2 unspecified atom stereocenters. The molecule has 0 aliphatic heterocycles. The molecule has 3 heteroatoms. The summed E-state index contributed by atoms with van der Waals surface area (Å²) in [7, 11) is 1.96. The Morgan fingerprint density at radius 1 is 1.12 bits per heavy atom. The van der Waals surface area contributed by atoms with Gasteiger partial charge in [-0.05, 0) is 57.3 Å². The number of allylic oxidation sites excluding steroid dienone is 6. The molecule has 0 fully saturated rings. The van der Waals surface area contributed by atoms with Crippen LogP contribution in [-0.2, 0) is 0 Å². The van der Waals surface area contributed by atoms with Gasteiger partial charge in [-0.3, -0.25) is 0 Å². The Hall–Kier alpha value is -2.39. The van der Waals surface area contributed by atoms with Crippen molar-refractivity contribution in [1.82, 2.24) is 5.32 Å². The van der Waals surface area contributed by atoms with E-state index in [0.29, 0.717) is 0 Å². The summed E-state index contributed by atoms with van der Waals surface area (Å²) in [6.45, 7) is 6.01. The SMILES string of the molecule is C=C/C=C\C1=C(C)C2C(C=N)=C(NC)C1c1cc3cscc3cc12. The van der Waals surface area contributed by atoms with Crippen LogP contribution in [0.1, 0.15) is 29.9 Å². The molecule has 2 nitrogen and oxygen atoms in total. The highest BCUT2D eigenvalue weighted by Gasteiger charge is 2.41. The second kappa shape index (κ2) is 5.60. The van der Waals surface area contributed by atoms with Crippen molar-refractivity contribution in [2.45, 2.75) is 18.8 Å². The number of nitrogens with one attached hydrogen (secondary N) is 2. The van der Waals surface area contributed by atoms with Gasteiger partial charge in [-0.25, -0.2) is 0 Å². The first-order valence-corrected chi connectivity index (χ1v) is 9.07. The van der Waals surface area contributed by atoms with Gasteiger partial charge in [0.15, 0.2) is 0 Å². The number of likely N-dealkylation sites (N-methyl/N-ethyl adjacent to an activating group) is 1. The van der Waals surface area contributed by atoms with Gasteiger partial charge in [-0.1, -0.05) is 30.4 Å². The monoisotopic (exact) mass is 332 g/mol. The lowest BCUT2D eigenvalue weighted by molar-refractivity contribution is 0.693. The summed E-state index contributed by atoms with van der Waals surface area (Å²) in [5.74, 6) is 0.339. The molecule has 0 radical (unpaired) electrons. The summed E-state index contributed by atoms with van der Waals surface area (Å²) in [6.07, 6.45) is 7.55. The number of fused-ring (bicyclic) bond motifs is 1. The molecular weight excluding hydrogens is 312 g/mol. The smallest absolute Gasteiger partial charge is 0.0494 e. The Morgan fingerprint density at radius 2 is 1.79 bits per heavy atom. The van der Waals surface area contributed by atoms with Gasteiger partial charge in [-0.2, -0.15) is 11.3 Å². The van der Waals surface area contributed by atoms with Crippen molar-refractivity contribution < 1.29 is 0 Å². The summed E-state index contributed by atoms with van der Waals surface area (Å²) < 4.78 is 0. The molecule has 0 amide bonds. The first-order valence-electron chi connectivity index (χ1n) is 8.13. The maximum absolute atomic E-state index is 7.98. The van der Waals surface area contributed by atoms with Gasteiger partial charge < -0.3 is 10.7 Å². The van der Waals surface area contributed by atoms with Crippen molar-refractivity contribution in [3.05, 3.63) is 81.2 Å². The fourth-order valence-corrected chi connectivity index (χ4v) is 5.00. The minimum atomic E-state index is 0.165. The minimum absolute atomic E-state index is 0.165. The van der Waals surface area contributed by atoms with Gasteiger partial charge in [0, 0.05) is 36.4 Å². The molecule has 1 aromatic heterocycles. The van der Waals surface area contributed by atoms with Gasteiger partial charge >= 0.3 is 0 Å². The van der Waals surface area contributed by atoms with Crippen LogP contribution in [-0.4, -0.2) is 13.3 Å². The van der Waals surface area contributed by atoms with Crippen molar-refractivity contribution in [2.24, 2.45) is 0 Å². The molecule has 2 bridgehead atoms. The molecule has 1 aromatic carbocycles. The van der Waals surface area contributed by atoms with Crippen LogP contribution in [0.5, 0.6) is 0 Å². The van der Waals surface area contributed by atoms with E-state index in [1.54, 1.807) is 11.3 Å². The molecule has 24 heavy (non-hydrogen) atoms. The molecule has 2 atom stereocenters. The molecule has 3 aliphatic carbocycles. The van der Waals surface area contributed by atoms with Crippen LogP contribution in [0.2, 0.25) is 0 Å². The summed E-state index contributed by atoms with van der Waals surface area (Å²) in [5.41, 5.74) is 7.66. The Morgan fingerprint density at radius 3 is 2.38 bits per heavy atom. The van der Waals surface area contributed by atoms with Crippen LogP contribution in [0.15, 0.2) is 70.1 Å². The van der Waals surface area contributed by atoms with Crippen LogP contribution in [0.25, 0.3) is 10.8 Å². The van der Waals surface area contributed by atoms with Gasteiger partial charge in [0.25, 0.3) is 0 Å². The minimum Gasteiger partial charge on any atom is -0.390 e. The Kier molecular flexibility index (Phi) is 3.54. The van der Waals surface area contributed by atoms with E-state index in [0.717, 1.165) is 11.3 Å². The highest BCUT2D eigenvalue weighted by molar-refractivity contribution is 7.09. The Balaban J connectivity index is 2.03. The lowest BCUT2D eigenvalue weighted by Gasteiger charge is -2.42. The molecule has 0 spiro atoms. The first-order chi connectivity index (χ1) is 11.7. The van der Waals surface area contributed by atoms with Crippen molar-refractivity contribution in [2.75, 3.05) is 7.05 Å². The molecule has 2 N–H and O–H groups in total. The zero-order chi connectivity index (χ0) is 16.8. The zero-order valence-electron chi connectivity index (χ0n) is 13.9. The van der Waals surface area contributed by atoms with Gasteiger partial charge in [-0.15, -0.1) is 0 Å². The van der Waals surface area contributed by atoms with E-state index >= 15 is 0 Å². The van der Waals surface area contributed by atoms with E-state index in [-0.39, 0.29) is 11.8 Å². The lowest BCUT2D eigenvalue weighted by atomic mass is 9.63. The predicted octanol–water partition coefficient (Wildman–Crippen LogP) is 5.28. The van der Waals surface area contributed by atoms with Gasteiger partial charge in [0.1, 0.15) is 0 Å². The number of benzene rings is 1. The fraction of sp³-hybridized carbons (Fsp3) is 0.190. The standard InChI is InChI=1S/C21H20N2S/c1-4-5-6-15-12(2)19-16-7-13-10-24-11-14(13)8-17(16)20(15)21(23-3)18(19)9-22/h4-11,19-20,22-23H,1H2,2-3H3/b6-5-,22-9?. The Labute approximate surface area is 146 Å². The highest BCUT2D eigenvalue weighted by atomic mass is 32.1. The van der Waals surface area contributed by atoms with Crippen molar-refractivity contribution in [1.29, 1.82) is 5.41 Å². The first kappa shape index (κ1) is 15.2. The third-order valence-corrected chi connectivity index (χ3v) is 6.03. The van der Waals surface area contributed by atoms with Crippen LogP contribution < -0.4 is 5.32 Å². The summed E-state index contributed by atoms with van der Waals surface area (Å²) in [4.78, 5) is 0.